The number of hydrogen-bond donors (Lipinski definition) is 2. The second kappa shape index (κ2) is 4.10. The Morgan fingerprint density at radius 2 is 1.89 bits per heavy atom. The summed E-state index contributed by atoms with van der Waals surface area (Å²) in [7, 11) is 0. The topological polar surface area (TPSA) is 65.4 Å². The fourth-order valence-electron chi connectivity index (χ4n) is 2.00. The highest BCUT2D eigenvalue weighted by Crippen LogP contribution is 2.37. The van der Waals surface area contributed by atoms with E-state index in [1.54, 1.807) is 52.8 Å². The van der Waals surface area contributed by atoms with Crippen molar-refractivity contribution in [2.45, 2.75) is 0 Å². The van der Waals surface area contributed by atoms with Gasteiger partial charge in [-0.05, 0) is 24.3 Å². The zero-order chi connectivity index (χ0) is 12.5. The van der Waals surface area contributed by atoms with E-state index in [2.05, 4.69) is 9.78 Å². The molecule has 2 aliphatic rings. The van der Waals surface area contributed by atoms with Crippen molar-refractivity contribution in [2.24, 2.45) is 0 Å². The Balaban J connectivity index is 2.10. The molecular formula is C12H10N2O4. The molecule has 1 aromatic rings. The lowest BCUT2D eigenvalue weighted by atomic mass is 10.1. The van der Waals surface area contributed by atoms with Crippen LogP contribution >= 0.6 is 0 Å². The summed E-state index contributed by atoms with van der Waals surface area (Å²) in [5.74, 6) is 0.632. The van der Waals surface area contributed by atoms with Gasteiger partial charge in [0.2, 0.25) is 0 Å². The van der Waals surface area contributed by atoms with Crippen molar-refractivity contribution in [2.75, 3.05) is 5.01 Å². The zero-order valence-electron chi connectivity index (χ0n) is 9.22. The number of nitrogens with zero attached hydrogens (tertiary/aromatic N) is 2. The van der Waals surface area contributed by atoms with Crippen molar-refractivity contribution in [1.82, 2.24) is 5.01 Å². The van der Waals surface area contributed by atoms with E-state index in [0.29, 0.717) is 5.75 Å². The number of fused-ring (bicyclic) bond motifs is 3. The fourth-order valence-corrected chi connectivity index (χ4v) is 2.00. The molecule has 2 heterocycles. The molecule has 0 unspecified atom stereocenters. The van der Waals surface area contributed by atoms with Crippen molar-refractivity contribution < 1.29 is 20.3 Å². The first-order valence-electron chi connectivity index (χ1n) is 5.26. The van der Waals surface area contributed by atoms with Gasteiger partial charge in [-0.3, -0.25) is 5.01 Å². The summed E-state index contributed by atoms with van der Waals surface area (Å²) in [4.78, 5) is 8.62. The van der Waals surface area contributed by atoms with Gasteiger partial charge in [-0.15, -0.1) is 0 Å². The van der Waals surface area contributed by atoms with Crippen LogP contribution in [0.2, 0.25) is 0 Å². The largest absolute Gasteiger partial charge is 0.340 e. The van der Waals surface area contributed by atoms with Gasteiger partial charge >= 0.3 is 0 Å². The fraction of sp³-hybridized carbons (Fsp3) is 0. The molecule has 0 fully saturated rings. The van der Waals surface area contributed by atoms with Crippen LogP contribution in [0.25, 0.3) is 6.08 Å². The normalized spacial score (nSPS) is 16.0. The summed E-state index contributed by atoms with van der Waals surface area (Å²) >= 11 is 0. The van der Waals surface area contributed by atoms with Crippen molar-refractivity contribution >= 4 is 11.8 Å². The molecule has 3 rings (SSSR count). The summed E-state index contributed by atoms with van der Waals surface area (Å²) in [5, 5.41) is 21.0. The average molecular weight is 246 g/mol. The van der Waals surface area contributed by atoms with Crippen molar-refractivity contribution in [3.05, 3.63) is 54.2 Å². The number of benzene rings is 1. The standard InChI is InChI=1S/C12H10N2O4/c15-17-11-4-1-3-10-9(11)6-8-14-12(18-16)5-2-7-13(10)14/h1-8,15-16H. The van der Waals surface area contributed by atoms with E-state index in [9.17, 15) is 0 Å². The average Bonchev–Trinajstić information content (AvgIpc) is 2.45. The molecule has 18 heavy (non-hydrogen) atoms. The smallest absolute Gasteiger partial charge is 0.255 e. The third-order valence-corrected chi connectivity index (χ3v) is 2.79. The summed E-state index contributed by atoms with van der Waals surface area (Å²) in [6.45, 7) is 0. The summed E-state index contributed by atoms with van der Waals surface area (Å²) in [6.07, 6.45) is 8.60. The maximum atomic E-state index is 8.83. The van der Waals surface area contributed by atoms with E-state index >= 15 is 0 Å². The molecule has 1 aromatic carbocycles. The molecule has 0 amide bonds. The van der Waals surface area contributed by atoms with E-state index < -0.39 is 0 Å². The Labute approximate surface area is 103 Å². The molecule has 0 radical (unpaired) electrons. The van der Waals surface area contributed by atoms with E-state index in [0.717, 1.165) is 11.3 Å². The first-order chi connectivity index (χ1) is 8.85. The van der Waals surface area contributed by atoms with Crippen LogP contribution in [-0.4, -0.2) is 15.5 Å². The molecule has 0 aliphatic carbocycles. The quantitative estimate of drug-likeness (QED) is 0.617. The summed E-state index contributed by atoms with van der Waals surface area (Å²) in [6, 6.07) is 5.28. The van der Waals surface area contributed by atoms with Gasteiger partial charge in [0, 0.05) is 24.0 Å². The molecule has 6 nitrogen and oxygen atoms in total. The Bertz CT molecular complexity index is 565. The van der Waals surface area contributed by atoms with Gasteiger partial charge < -0.3 is 9.78 Å². The van der Waals surface area contributed by atoms with Crippen LogP contribution in [0.5, 0.6) is 5.75 Å². The van der Waals surface area contributed by atoms with E-state index in [1.807, 2.05) is 6.07 Å². The molecule has 0 aromatic heterocycles. The lowest BCUT2D eigenvalue weighted by molar-refractivity contribution is -0.221. The molecule has 2 N–H and O–H groups in total. The van der Waals surface area contributed by atoms with Crippen molar-refractivity contribution in [1.29, 1.82) is 0 Å². The molecule has 0 saturated heterocycles. The second-order valence-electron chi connectivity index (χ2n) is 3.72. The first-order valence-corrected chi connectivity index (χ1v) is 5.26. The molecule has 0 bridgehead atoms. The Morgan fingerprint density at radius 3 is 2.67 bits per heavy atom. The van der Waals surface area contributed by atoms with Crippen LogP contribution in [0.1, 0.15) is 5.56 Å². The molecular weight excluding hydrogens is 236 g/mol. The number of allylic oxidation sites excluding steroid dienone is 2. The summed E-state index contributed by atoms with van der Waals surface area (Å²) in [5.41, 5.74) is 1.53. The Hall–Kier alpha value is -2.44. The first kappa shape index (κ1) is 10.7. The maximum Gasteiger partial charge on any atom is 0.255 e. The number of hydrazine groups is 1. The van der Waals surface area contributed by atoms with E-state index in [4.69, 9.17) is 10.5 Å². The lowest BCUT2D eigenvalue weighted by Gasteiger charge is -2.37. The van der Waals surface area contributed by atoms with Crippen LogP contribution < -0.4 is 9.90 Å². The molecule has 92 valence electrons. The monoisotopic (exact) mass is 246 g/mol. The van der Waals surface area contributed by atoms with Gasteiger partial charge in [0.05, 0.1) is 5.69 Å². The van der Waals surface area contributed by atoms with E-state index in [1.165, 1.54) is 0 Å². The highest BCUT2D eigenvalue weighted by molar-refractivity contribution is 5.76. The van der Waals surface area contributed by atoms with Gasteiger partial charge in [0.15, 0.2) is 5.75 Å². The van der Waals surface area contributed by atoms with Crippen molar-refractivity contribution in [3.63, 3.8) is 0 Å². The van der Waals surface area contributed by atoms with Gasteiger partial charge in [0.1, 0.15) is 0 Å². The number of anilines is 1. The Kier molecular flexibility index (Phi) is 2.44. The second-order valence-corrected chi connectivity index (χ2v) is 3.72. The minimum Gasteiger partial charge on any atom is -0.340 e. The molecule has 0 saturated carbocycles. The molecule has 0 spiro atoms. The Morgan fingerprint density at radius 1 is 1.00 bits per heavy atom. The minimum atomic E-state index is 0.273. The highest BCUT2D eigenvalue weighted by atomic mass is 17.1. The zero-order valence-corrected chi connectivity index (χ0v) is 9.22. The van der Waals surface area contributed by atoms with Crippen LogP contribution in [-0.2, 0) is 4.89 Å². The van der Waals surface area contributed by atoms with Gasteiger partial charge in [-0.25, -0.2) is 15.5 Å². The summed E-state index contributed by atoms with van der Waals surface area (Å²) < 4.78 is 0. The van der Waals surface area contributed by atoms with Gasteiger partial charge in [-0.1, -0.05) is 6.07 Å². The maximum absolute atomic E-state index is 8.83. The molecule has 0 atom stereocenters. The van der Waals surface area contributed by atoms with Crippen LogP contribution in [0.3, 0.4) is 0 Å². The minimum absolute atomic E-state index is 0.273. The number of hydrogen-bond acceptors (Lipinski definition) is 6. The molecule has 2 aliphatic heterocycles. The van der Waals surface area contributed by atoms with Crippen LogP contribution in [0, 0.1) is 0 Å². The van der Waals surface area contributed by atoms with Crippen molar-refractivity contribution in [3.8, 4) is 5.75 Å². The molecule has 6 heteroatoms. The lowest BCUT2D eigenvalue weighted by Crippen LogP contribution is -2.38. The third kappa shape index (κ3) is 1.44. The van der Waals surface area contributed by atoms with E-state index in [-0.39, 0.29) is 5.88 Å². The third-order valence-electron chi connectivity index (χ3n) is 2.79. The van der Waals surface area contributed by atoms with Crippen LogP contribution in [0.15, 0.2) is 48.6 Å². The predicted octanol–water partition coefficient (Wildman–Crippen LogP) is 2.40. The highest BCUT2D eigenvalue weighted by Gasteiger charge is 2.26. The SMILES string of the molecule is OOC1=CC=CN2c3cccc(OO)c3C=CN12. The number of rotatable bonds is 2. The predicted molar refractivity (Wildman–Crippen MR) is 64.0 cm³/mol. The van der Waals surface area contributed by atoms with Crippen LogP contribution in [0.4, 0.5) is 5.69 Å². The van der Waals surface area contributed by atoms with Gasteiger partial charge in [0.25, 0.3) is 5.88 Å². The van der Waals surface area contributed by atoms with Gasteiger partial charge in [-0.2, -0.15) is 0 Å².